The van der Waals surface area contributed by atoms with E-state index in [1.165, 1.54) is 6.07 Å². The second-order valence-corrected chi connectivity index (χ2v) is 11.6. The first-order chi connectivity index (χ1) is 23.4. The Morgan fingerprint density at radius 3 is 2.27 bits per heavy atom. The molecule has 1 atom stereocenters. The van der Waals surface area contributed by atoms with Crippen molar-refractivity contribution in [2.45, 2.75) is 78.2 Å². The van der Waals surface area contributed by atoms with Crippen molar-refractivity contribution >= 4 is 23.5 Å². The standard InChI is InChI=1S/C39H46O9/c1-4-13-32-34(19-18-31-33(40)20-23-48-37(31)32)46-21-9-7-8-10-22-47-35(39(43)45-6-3)25-27-14-11-15-28(24-27)36(41)29-16-12-17-30(26-29)38(42)44-5-2/h11-12,14-19,24,26,35H,4-10,13,20-23,25H2,1-3H3. The van der Waals surface area contributed by atoms with Crippen LogP contribution in [0.1, 0.15) is 107 Å². The van der Waals surface area contributed by atoms with E-state index in [1.54, 1.807) is 50.2 Å². The predicted octanol–water partition coefficient (Wildman–Crippen LogP) is 7.14. The highest BCUT2D eigenvalue weighted by atomic mass is 16.6. The molecule has 4 rings (SSSR count). The number of Topliss-reactive ketones (excluding diaryl/α,β-unsaturated/α-hetero) is 1. The Labute approximate surface area is 282 Å². The third-order valence-corrected chi connectivity index (χ3v) is 8.00. The van der Waals surface area contributed by atoms with Gasteiger partial charge in [-0.05, 0) is 75.4 Å². The smallest absolute Gasteiger partial charge is 0.338 e. The summed E-state index contributed by atoms with van der Waals surface area (Å²) in [4.78, 5) is 50.5. The van der Waals surface area contributed by atoms with Gasteiger partial charge in [0.25, 0.3) is 0 Å². The Hall–Kier alpha value is -4.50. The second-order valence-electron chi connectivity index (χ2n) is 11.6. The first-order valence-corrected chi connectivity index (χ1v) is 17.0. The average Bonchev–Trinajstić information content (AvgIpc) is 3.10. The summed E-state index contributed by atoms with van der Waals surface area (Å²) in [5.74, 6) is 0.414. The van der Waals surface area contributed by atoms with Crippen molar-refractivity contribution < 1.29 is 42.9 Å². The van der Waals surface area contributed by atoms with Crippen molar-refractivity contribution in [3.05, 3.63) is 94.0 Å². The molecular weight excluding hydrogens is 612 g/mol. The summed E-state index contributed by atoms with van der Waals surface area (Å²) in [6.45, 7) is 7.41. The quantitative estimate of drug-likeness (QED) is 0.0753. The number of carbonyl (C=O) groups excluding carboxylic acids is 4. The van der Waals surface area contributed by atoms with Gasteiger partial charge < -0.3 is 23.7 Å². The molecule has 0 saturated heterocycles. The van der Waals surface area contributed by atoms with E-state index in [9.17, 15) is 19.2 Å². The van der Waals surface area contributed by atoms with E-state index >= 15 is 0 Å². The van der Waals surface area contributed by atoms with Crippen LogP contribution in [0.4, 0.5) is 0 Å². The number of rotatable bonds is 19. The predicted molar refractivity (Wildman–Crippen MR) is 181 cm³/mol. The molecule has 3 aromatic carbocycles. The molecule has 3 aromatic rings. The molecule has 0 saturated carbocycles. The summed E-state index contributed by atoms with van der Waals surface area (Å²) in [7, 11) is 0. The summed E-state index contributed by atoms with van der Waals surface area (Å²) in [6, 6.07) is 17.2. The van der Waals surface area contributed by atoms with Crippen molar-refractivity contribution in [2.75, 3.05) is 33.0 Å². The van der Waals surface area contributed by atoms with Gasteiger partial charge in [-0.3, -0.25) is 9.59 Å². The first-order valence-electron chi connectivity index (χ1n) is 17.0. The Balaban J connectivity index is 1.26. The lowest BCUT2D eigenvalue weighted by Gasteiger charge is -2.22. The fourth-order valence-corrected chi connectivity index (χ4v) is 5.63. The van der Waals surface area contributed by atoms with Crippen molar-refractivity contribution in [2.24, 2.45) is 0 Å². The molecule has 0 aromatic heterocycles. The third kappa shape index (κ3) is 10.0. The topological polar surface area (TPSA) is 114 Å². The van der Waals surface area contributed by atoms with Gasteiger partial charge in [-0.2, -0.15) is 0 Å². The zero-order valence-corrected chi connectivity index (χ0v) is 28.2. The van der Waals surface area contributed by atoms with Gasteiger partial charge in [0, 0.05) is 36.1 Å². The highest BCUT2D eigenvalue weighted by Crippen LogP contribution is 2.36. The molecule has 1 unspecified atom stereocenters. The number of carbonyl (C=O) groups is 4. The number of ketones is 2. The Morgan fingerprint density at radius 1 is 0.812 bits per heavy atom. The van der Waals surface area contributed by atoms with E-state index in [0.717, 1.165) is 55.4 Å². The molecule has 0 fully saturated rings. The third-order valence-electron chi connectivity index (χ3n) is 8.00. The maximum absolute atomic E-state index is 13.3. The van der Waals surface area contributed by atoms with E-state index in [-0.39, 0.29) is 31.2 Å². The van der Waals surface area contributed by atoms with Crippen molar-refractivity contribution in [3.63, 3.8) is 0 Å². The van der Waals surface area contributed by atoms with Crippen molar-refractivity contribution in [1.82, 2.24) is 0 Å². The van der Waals surface area contributed by atoms with Gasteiger partial charge in [0.1, 0.15) is 11.5 Å². The fourth-order valence-electron chi connectivity index (χ4n) is 5.63. The molecule has 1 aliphatic rings. The molecule has 0 aliphatic carbocycles. The molecule has 0 spiro atoms. The molecular formula is C39H46O9. The van der Waals surface area contributed by atoms with E-state index in [2.05, 4.69) is 6.92 Å². The SMILES string of the molecule is CCCc1c(OCCCCCCOC(Cc2cccc(C(=O)c3cccc(C(=O)OCC)c3)c2)C(=O)OCC)ccc2c1OCCC2=O. The minimum absolute atomic E-state index is 0.117. The van der Waals surface area contributed by atoms with Crippen LogP contribution < -0.4 is 9.47 Å². The Morgan fingerprint density at radius 2 is 1.52 bits per heavy atom. The molecule has 9 heteroatoms. The van der Waals surface area contributed by atoms with Gasteiger partial charge in [-0.1, -0.05) is 50.1 Å². The van der Waals surface area contributed by atoms with E-state index in [0.29, 0.717) is 54.2 Å². The first kappa shape index (κ1) is 36.3. The number of ether oxygens (including phenoxy) is 5. The maximum atomic E-state index is 13.3. The number of unbranched alkanes of at least 4 members (excludes halogenated alkanes) is 3. The Bertz CT molecular complexity index is 1560. The van der Waals surface area contributed by atoms with Gasteiger partial charge in [0.15, 0.2) is 17.7 Å². The van der Waals surface area contributed by atoms with Crippen LogP contribution in [0.3, 0.4) is 0 Å². The monoisotopic (exact) mass is 658 g/mol. The molecule has 0 bridgehead atoms. The van der Waals surface area contributed by atoms with E-state index < -0.39 is 18.0 Å². The summed E-state index contributed by atoms with van der Waals surface area (Å²) in [6.07, 6.45) is 5.02. The Kier molecular flexibility index (Phi) is 14.2. The minimum atomic E-state index is -0.805. The van der Waals surface area contributed by atoms with Gasteiger partial charge >= 0.3 is 11.9 Å². The van der Waals surface area contributed by atoms with Gasteiger partial charge in [0.2, 0.25) is 0 Å². The lowest BCUT2D eigenvalue weighted by Crippen LogP contribution is -2.29. The molecule has 48 heavy (non-hydrogen) atoms. The van der Waals surface area contributed by atoms with E-state index in [4.69, 9.17) is 23.7 Å². The van der Waals surface area contributed by atoms with Crippen LogP contribution in [0.2, 0.25) is 0 Å². The maximum Gasteiger partial charge on any atom is 0.338 e. The molecule has 1 aliphatic heterocycles. The highest BCUT2D eigenvalue weighted by molar-refractivity contribution is 6.10. The van der Waals surface area contributed by atoms with Gasteiger partial charge in [-0.15, -0.1) is 0 Å². The number of fused-ring (bicyclic) bond motifs is 1. The van der Waals surface area contributed by atoms with Crippen molar-refractivity contribution in [3.8, 4) is 11.5 Å². The summed E-state index contributed by atoms with van der Waals surface area (Å²) >= 11 is 0. The molecule has 256 valence electrons. The lowest BCUT2D eigenvalue weighted by atomic mass is 9.98. The summed E-state index contributed by atoms with van der Waals surface area (Å²) < 4.78 is 28.3. The summed E-state index contributed by atoms with van der Waals surface area (Å²) in [5.41, 5.74) is 3.51. The molecule has 0 amide bonds. The number of hydrogen-bond acceptors (Lipinski definition) is 9. The van der Waals surface area contributed by atoms with Crippen LogP contribution in [0, 0.1) is 0 Å². The van der Waals surface area contributed by atoms with Crippen LogP contribution in [0.5, 0.6) is 11.5 Å². The van der Waals surface area contributed by atoms with Gasteiger partial charge in [0.05, 0.1) is 37.6 Å². The number of hydrogen-bond donors (Lipinski definition) is 0. The molecule has 0 N–H and O–H groups in total. The van der Waals surface area contributed by atoms with Gasteiger partial charge in [-0.25, -0.2) is 9.59 Å². The minimum Gasteiger partial charge on any atom is -0.493 e. The van der Waals surface area contributed by atoms with E-state index in [1.807, 2.05) is 18.2 Å². The van der Waals surface area contributed by atoms with Crippen LogP contribution in [-0.2, 0) is 31.8 Å². The molecule has 0 radical (unpaired) electrons. The molecule has 1 heterocycles. The normalized spacial score (nSPS) is 12.9. The number of esters is 2. The lowest BCUT2D eigenvalue weighted by molar-refractivity contribution is -0.156. The number of benzene rings is 3. The van der Waals surface area contributed by atoms with Crippen LogP contribution >= 0.6 is 0 Å². The second kappa shape index (κ2) is 18.7. The average molecular weight is 659 g/mol. The molecule has 9 nitrogen and oxygen atoms in total. The largest absolute Gasteiger partial charge is 0.493 e. The van der Waals surface area contributed by atoms with Crippen LogP contribution in [0.15, 0.2) is 60.7 Å². The summed E-state index contributed by atoms with van der Waals surface area (Å²) in [5, 5.41) is 0. The highest BCUT2D eigenvalue weighted by Gasteiger charge is 2.24. The van der Waals surface area contributed by atoms with Crippen LogP contribution in [-0.4, -0.2) is 62.6 Å². The fraction of sp³-hybridized carbons (Fsp3) is 0.436. The zero-order valence-electron chi connectivity index (χ0n) is 28.2. The van der Waals surface area contributed by atoms with Crippen LogP contribution in [0.25, 0.3) is 0 Å². The van der Waals surface area contributed by atoms with Crippen molar-refractivity contribution in [1.29, 1.82) is 0 Å². The zero-order chi connectivity index (χ0) is 34.3.